The fourth-order valence-electron chi connectivity index (χ4n) is 3.09. The summed E-state index contributed by atoms with van der Waals surface area (Å²) in [5, 5.41) is 6.16. The Bertz CT molecular complexity index is 1010. The van der Waals surface area contributed by atoms with E-state index < -0.39 is 11.7 Å². The highest BCUT2D eigenvalue weighted by Crippen LogP contribution is 2.29. The van der Waals surface area contributed by atoms with Crippen LogP contribution in [0, 0.1) is 0 Å². The summed E-state index contributed by atoms with van der Waals surface area (Å²) >= 11 is 0. The number of alkyl halides is 3. The maximum atomic E-state index is 13.0. The number of aromatic nitrogens is 3. The van der Waals surface area contributed by atoms with E-state index in [9.17, 15) is 13.2 Å². The van der Waals surface area contributed by atoms with Gasteiger partial charge in [0.05, 0.1) is 18.8 Å². The first-order valence-electron chi connectivity index (χ1n) is 9.78. The van der Waals surface area contributed by atoms with Crippen LogP contribution in [0.25, 0.3) is 0 Å². The number of halogens is 3. The monoisotopic (exact) mass is 430 g/mol. The molecule has 0 unspecified atom stereocenters. The van der Waals surface area contributed by atoms with E-state index in [0.717, 1.165) is 17.8 Å². The normalized spacial score (nSPS) is 14.4. The van der Waals surface area contributed by atoms with Crippen LogP contribution in [0.1, 0.15) is 11.1 Å². The predicted molar refractivity (Wildman–Crippen MR) is 111 cm³/mol. The van der Waals surface area contributed by atoms with Gasteiger partial charge >= 0.3 is 6.18 Å². The maximum absolute atomic E-state index is 13.0. The average molecular weight is 430 g/mol. The molecule has 1 aliphatic rings. The summed E-state index contributed by atoms with van der Waals surface area (Å²) in [5.74, 6) is 1.09. The number of nitrogens with one attached hydrogen (secondary N) is 2. The maximum Gasteiger partial charge on any atom is 0.416 e. The first-order chi connectivity index (χ1) is 15.0. The molecule has 0 spiro atoms. The van der Waals surface area contributed by atoms with Gasteiger partial charge in [-0.05, 0) is 29.8 Å². The Balaban J connectivity index is 1.56. The molecule has 7 nitrogen and oxygen atoms in total. The molecule has 4 rings (SSSR count). The molecule has 0 aliphatic carbocycles. The fourth-order valence-corrected chi connectivity index (χ4v) is 3.09. The van der Waals surface area contributed by atoms with Crippen LogP contribution in [0.2, 0.25) is 0 Å². The molecular formula is C21H21F3N6O. The van der Waals surface area contributed by atoms with E-state index in [0.29, 0.717) is 43.8 Å². The van der Waals surface area contributed by atoms with Gasteiger partial charge < -0.3 is 20.3 Å². The molecule has 1 aliphatic heterocycles. The Morgan fingerprint density at radius 3 is 2.39 bits per heavy atom. The van der Waals surface area contributed by atoms with Crippen molar-refractivity contribution in [3.63, 3.8) is 0 Å². The second kappa shape index (κ2) is 9.17. The molecule has 0 atom stereocenters. The van der Waals surface area contributed by atoms with Crippen LogP contribution in [-0.4, -0.2) is 41.3 Å². The topological polar surface area (TPSA) is 75.2 Å². The van der Waals surface area contributed by atoms with Gasteiger partial charge in [0.15, 0.2) is 0 Å². The van der Waals surface area contributed by atoms with Crippen LogP contribution in [0.4, 0.5) is 36.7 Å². The minimum absolute atomic E-state index is 0.140. The lowest BCUT2D eigenvalue weighted by Gasteiger charge is -2.27. The molecule has 31 heavy (non-hydrogen) atoms. The number of para-hydroxylation sites is 1. The van der Waals surface area contributed by atoms with Crippen molar-refractivity contribution < 1.29 is 17.9 Å². The molecule has 1 aromatic heterocycles. The lowest BCUT2D eigenvalue weighted by atomic mass is 10.1. The SMILES string of the molecule is FC(F)(F)c1cccc(CNc2nc(Nc3ccccc3)nc(N3CCOCC3)n2)c1. The summed E-state index contributed by atoms with van der Waals surface area (Å²) in [7, 11) is 0. The van der Waals surface area contributed by atoms with Crippen molar-refractivity contribution in [3.8, 4) is 0 Å². The minimum atomic E-state index is -4.39. The van der Waals surface area contributed by atoms with Crippen molar-refractivity contribution >= 4 is 23.5 Å². The van der Waals surface area contributed by atoms with E-state index in [4.69, 9.17) is 4.74 Å². The Hall–Kier alpha value is -3.40. The lowest BCUT2D eigenvalue weighted by Crippen LogP contribution is -2.37. The molecule has 1 saturated heterocycles. The van der Waals surface area contributed by atoms with Crippen molar-refractivity contribution in [1.82, 2.24) is 15.0 Å². The van der Waals surface area contributed by atoms with E-state index in [1.165, 1.54) is 6.07 Å². The molecule has 3 aromatic rings. The van der Waals surface area contributed by atoms with Crippen LogP contribution in [-0.2, 0) is 17.5 Å². The quantitative estimate of drug-likeness (QED) is 0.610. The smallest absolute Gasteiger partial charge is 0.378 e. The highest BCUT2D eigenvalue weighted by atomic mass is 19.4. The van der Waals surface area contributed by atoms with Crippen molar-refractivity contribution in [3.05, 3.63) is 65.7 Å². The van der Waals surface area contributed by atoms with Crippen molar-refractivity contribution in [1.29, 1.82) is 0 Å². The molecule has 0 amide bonds. The van der Waals surface area contributed by atoms with Gasteiger partial charge in [-0.15, -0.1) is 0 Å². The molecule has 0 radical (unpaired) electrons. The van der Waals surface area contributed by atoms with Gasteiger partial charge in [-0.25, -0.2) is 0 Å². The number of rotatable bonds is 6. The standard InChI is InChI=1S/C21H21F3N6O/c22-21(23,24)16-6-4-5-15(13-16)14-25-18-27-19(26-17-7-2-1-3-8-17)29-20(28-18)30-9-11-31-12-10-30/h1-8,13H,9-12,14H2,(H2,25,26,27,28,29). The van der Waals surface area contributed by atoms with Crippen LogP contribution >= 0.6 is 0 Å². The lowest BCUT2D eigenvalue weighted by molar-refractivity contribution is -0.137. The second-order valence-corrected chi connectivity index (χ2v) is 6.92. The molecular weight excluding hydrogens is 409 g/mol. The number of morpholine rings is 1. The number of nitrogens with zero attached hydrogens (tertiary/aromatic N) is 4. The molecule has 0 saturated carbocycles. The third kappa shape index (κ3) is 5.60. The zero-order chi connectivity index (χ0) is 21.7. The van der Waals surface area contributed by atoms with Gasteiger partial charge in [0, 0.05) is 25.3 Å². The average Bonchev–Trinajstić information content (AvgIpc) is 2.78. The van der Waals surface area contributed by atoms with Gasteiger partial charge in [-0.3, -0.25) is 0 Å². The summed E-state index contributed by atoms with van der Waals surface area (Å²) in [4.78, 5) is 15.3. The highest BCUT2D eigenvalue weighted by Gasteiger charge is 2.30. The first kappa shape index (κ1) is 20.9. The van der Waals surface area contributed by atoms with Crippen LogP contribution in [0.15, 0.2) is 54.6 Å². The summed E-state index contributed by atoms with van der Waals surface area (Å²) in [5.41, 5.74) is 0.592. The zero-order valence-electron chi connectivity index (χ0n) is 16.6. The first-order valence-corrected chi connectivity index (χ1v) is 9.78. The Morgan fingerprint density at radius 1 is 0.903 bits per heavy atom. The zero-order valence-corrected chi connectivity index (χ0v) is 16.6. The van der Waals surface area contributed by atoms with Gasteiger partial charge in [-0.1, -0.05) is 30.3 Å². The van der Waals surface area contributed by atoms with Crippen molar-refractivity contribution in [2.24, 2.45) is 0 Å². The molecule has 2 aromatic carbocycles. The van der Waals surface area contributed by atoms with Crippen LogP contribution in [0.5, 0.6) is 0 Å². The Labute approximate surface area is 177 Å². The van der Waals surface area contributed by atoms with Gasteiger partial charge in [-0.2, -0.15) is 28.1 Å². The van der Waals surface area contributed by atoms with E-state index >= 15 is 0 Å². The van der Waals surface area contributed by atoms with Crippen LogP contribution in [0.3, 0.4) is 0 Å². The molecule has 1 fully saturated rings. The Kier molecular flexibility index (Phi) is 6.17. The summed E-state index contributed by atoms with van der Waals surface area (Å²) in [6.45, 7) is 2.56. The van der Waals surface area contributed by atoms with Crippen molar-refractivity contribution in [2.75, 3.05) is 41.8 Å². The minimum Gasteiger partial charge on any atom is -0.378 e. The third-order valence-corrected chi connectivity index (χ3v) is 4.65. The third-order valence-electron chi connectivity index (χ3n) is 4.65. The molecule has 2 N–H and O–H groups in total. The van der Waals surface area contributed by atoms with Gasteiger partial charge in [0.1, 0.15) is 0 Å². The second-order valence-electron chi connectivity index (χ2n) is 6.92. The fraction of sp³-hybridized carbons (Fsp3) is 0.286. The molecule has 0 bridgehead atoms. The van der Waals surface area contributed by atoms with Gasteiger partial charge in [0.2, 0.25) is 17.8 Å². The number of hydrogen-bond donors (Lipinski definition) is 2. The number of hydrogen-bond acceptors (Lipinski definition) is 7. The Morgan fingerprint density at radius 2 is 1.65 bits per heavy atom. The van der Waals surface area contributed by atoms with E-state index in [2.05, 4.69) is 25.6 Å². The largest absolute Gasteiger partial charge is 0.416 e. The number of benzene rings is 2. The van der Waals surface area contributed by atoms with E-state index in [1.807, 2.05) is 35.2 Å². The van der Waals surface area contributed by atoms with Crippen LogP contribution < -0.4 is 15.5 Å². The predicted octanol–water partition coefficient (Wildman–Crippen LogP) is 4.08. The molecule has 2 heterocycles. The highest BCUT2D eigenvalue weighted by molar-refractivity contribution is 5.55. The summed E-state index contributed by atoms with van der Waals surface area (Å²) in [6, 6.07) is 14.6. The van der Waals surface area contributed by atoms with E-state index in [1.54, 1.807) is 6.07 Å². The van der Waals surface area contributed by atoms with Crippen molar-refractivity contribution in [2.45, 2.75) is 12.7 Å². The number of anilines is 4. The summed E-state index contributed by atoms with van der Waals surface area (Å²) < 4.78 is 44.3. The molecule has 162 valence electrons. The van der Waals surface area contributed by atoms with Gasteiger partial charge in [0.25, 0.3) is 0 Å². The number of ether oxygens (including phenoxy) is 1. The molecule has 10 heteroatoms. The summed E-state index contributed by atoms with van der Waals surface area (Å²) in [6.07, 6.45) is -4.39. The van der Waals surface area contributed by atoms with E-state index in [-0.39, 0.29) is 12.5 Å².